The number of carbonyl (C=O) groups is 1. The van der Waals surface area contributed by atoms with Crippen molar-refractivity contribution in [3.63, 3.8) is 0 Å². The molecule has 20 heavy (non-hydrogen) atoms. The van der Waals surface area contributed by atoms with E-state index in [4.69, 9.17) is 17.3 Å². The fourth-order valence-corrected chi connectivity index (χ4v) is 3.03. The van der Waals surface area contributed by atoms with Crippen LogP contribution in [0, 0.1) is 13.8 Å². The van der Waals surface area contributed by atoms with Crippen molar-refractivity contribution in [2.45, 2.75) is 24.6 Å². The zero-order valence-corrected chi connectivity index (χ0v) is 12.9. The number of thioether (sulfide) groups is 1. The molecule has 2 aromatic rings. The predicted molar refractivity (Wildman–Crippen MR) is 83.2 cm³/mol. The molecular formula is C15H15ClN2OS. The molecule has 0 spiro atoms. The molecule has 0 radical (unpaired) electrons. The first-order valence-corrected chi connectivity index (χ1v) is 7.48. The van der Waals surface area contributed by atoms with Crippen LogP contribution in [-0.2, 0) is 5.75 Å². The van der Waals surface area contributed by atoms with Crippen molar-refractivity contribution in [2.24, 2.45) is 5.73 Å². The van der Waals surface area contributed by atoms with Gasteiger partial charge in [0.15, 0.2) is 0 Å². The van der Waals surface area contributed by atoms with Crippen LogP contribution in [-0.4, -0.2) is 10.9 Å². The van der Waals surface area contributed by atoms with Gasteiger partial charge in [-0.25, -0.2) is 4.98 Å². The van der Waals surface area contributed by atoms with Crippen LogP contribution in [0.5, 0.6) is 0 Å². The Hall–Kier alpha value is -1.52. The van der Waals surface area contributed by atoms with E-state index in [0.717, 1.165) is 5.75 Å². The van der Waals surface area contributed by atoms with Crippen molar-refractivity contribution in [3.8, 4) is 0 Å². The molecule has 0 bridgehead atoms. The smallest absolute Gasteiger partial charge is 0.250 e. The summed E-state index contributed by atoms with van der Waals surface area (Å²) >= 11 is 7.67. The SMILES string of the molecule is Cc1ccc(C)c(CSc2ncc(C(N)=O)cc2Cl)c1. The number of nitrogens with zero attached hydrogens (tertiary/aromatic N) is 1. The van der Waals surface area contributed by atoms with Crippen molar-refractivity contribution in [1.29, 1.82) is 0 Å². The number of aromatic nitrogens is 1. The van der Waals surface area contributed by atoms with Gasteiger partial charge in [0, 0.05) is 11.9 Å². The van der Waals surface area contributed by atoms with Crippen LogP contribution in [0.3, 0.4) is 0 Å². The molecule has 0 unspecified atom stereocenters. The number of benzene rings is 1. The second-order valence-electron chi connectivity index (χ2n) is 4.59. The second kappa shape index (κ2) is 6.29. The molecular weight excluding hydrogens is 292 g/mol. The van der Waals surface area contributed by atoms with Crippen LogP contribution >= 0.6 is 23.4 Å². The van der Waals surface area contributed by atoms with Gasteiger partial charge in [-0.2, -0.15) is 0 Å². The van der Waals surface area contributed by atoms with E-state index in [9.17, 15) is 4.79 Å². The third-order valence-electron chi connectivity index (χ3n) is 2.96. The van der Waals surface area contributed by atoms with Crippen LogP contribution in [0.4, 0.5) is 0 Å². The number of primary amides is 1. The first-order chi connectivity index (χ1) is 9.47. The van der Waals surface area contributed by atoms with Crippen molar-refractivity contribution in [2.75, 3.05) is 0 Å². The standard InChI is InChI=1S/C15H15ClN2OS/c1-9-3-4-10(2)12(5-9)8-20-15-13(16)6-11(7-18-15)14(17)19/h3-7H,8H2,1-2H3,(H2,17,19). The zero-order valence-electron chi connectivity index (χ0n) is 11.3. The first kappa shape index (κ1) is 14.9. The molecule has 5 heteroatoms. The fourth-order valence-electron chi connectivity index (χ4n) is 1.77. The number of nitrogens with two attached hydrogens (primary N) is 1. The van der Waals surface area contributed by atoms with E-state index in [0.29, 0.717) is 15.6 Å². The average molecular weight is 307 g/mol. The number of pyridine rings is 1. The van der Waals surface area contributed by atoms with Crippen LogP contribution in [0.15, 0.2) is 35.5 Å². The van der Waals surface area contributed by atoms with Crippen LogP contribution in [0.1, 0.15) is 27.0 Å². The minimum absolute atomic E-state index is 0.325. The summed E-state index contributed by atoms with van der Waals surface area (Å²) in [6.45, 7) is 4.15. The normalized spacial score (nSPS) is 10.6. The number of hydrogen-bond acceptors (Lipinski definition) is 3. The van der Waals surface area contributed by atoms with Gasteiger partial charge < -0.3 is 5.73 Å². The molecule has 1 aromatic carbocycles. The lowest BCUT2D eigenvalue weighted by Gasteiger charge is -2.08. The van der Waals surface area contributed by atoms with Gasteiger partial charge in [-0.1, -0.05) is 35.4 Å². The third kappa shape index (κ3) is 3.52. The van der Waals surface area contributed by atoms with E-state index in [1.165, 1.54) is 22.9 Å². The second-order valence-corrected chi connectivity index (χ2v) is 5.97. The Kier molecular flexibility index (Phi) is 4.68. The lowest BCUT2D eigenvalue weighted by molar-refractivity contribution is 0.1000. The third-order valence-corrected chi connectivity index (χ3v) is 4.42. The van der Waals surface area contributed by atoms with E-state index in [1.54, 1.807) is 17.8 Å². The summed E-state index contributed by atoms with van der Waals surface area (Å²) < 4.78 is 0. The minimum atomic E-state index is -0.523. The molecule has 2 N–H and O–H groups in total. The van der Waals surface area contributed by atoms with Gasteiger partial charge in [0.05, 0.1) is 10.6 Å². The number of halogens is 1. The number of aryl methyl sites for hydroxylation is 2. The Bertz CT molecular complexity index is 658. The van der Waals surface area contributed by atoms with Crippen LogP contribution in [0.25, 0.3) is 0 Å². The summed E-state index contributed by atoms with van der Waals surface area (Å²) in [5.74, 6) is 0.265. The Labute approximate surface area is 127 Å². The molecule has 0 aliphatic carbocycles. The topological polar surface area (TPSA) is 56.0 Å². The quantitative estimate of drug-likeness (QED) is 0.875. The van der Waals surface area contributed by atoms with Gasteiger partial charge in [-0.15, -0.1) is 11.8 Å². The molecule has 0 fully saturated rings. The lowest BCUT2D eigenvalue weighted by Crippen LogP contribution is -2.11. The van der Waals surface area contributed by atoms with Gasteiger partial charge in [0.1, 0.15) is 5.03 Å². The van der Waals surface area contributed by atoms with Crippen molar-refractivity contribution in [3.05, 3.63) is 57.7 Å². The van der Waals surface area contributed by atoms with Gasteiger partial charge in [0.2, 0.25) is 5.91 Å². The van der Waals surface area contributed by atoms with Crippen molar-refractivity contribution >= 4 is 29.3 Å². The molecule has 2 rings (SSSR count). The van der Waals surface area contributed by atoms with Crippen molar-refractivity contribution in [1.82, 2.24) is 4.98 Å². The fraction of sp³-hybridized carbons (Fsp3) is 0.200. The Morgan fingerprint density at radius 2 is 2.10 bits per heavy atom. The monoisotopic (exact) mass is 306 g/mol. The van der Waals surface area contributed by atoms with Crippen LogP contribution in [0.2, 0.25) is 5.02 Å². The van der Waals surface area contributed by atoms with Gasteiger partial charge in [-0.3, -0.25) is 4.79 Å². The maximum absolute atomic E-state index is 11.0. The summed E-state index contributed by atoms with van der Waals surface area (Å²) in [7, 11) is 0. The van der Waals surface area contributed by atoms with E-state index >= 15 is 0 Å². The molecule has 0 aliphatic rings. The molecule has 0 atom stereocenters. The molecule has 1 heterocycles. The number of rotatable bonds is 4. The Morgan fingerprint density at radius 3 is 2.75 bits per heavy atom. The molecule has 0 saturated carbocycles. The highest BCUT2D eigenvalue weighted by Gasteiger charge is 2.09. The van der Waals surface area contributed by atoms with E-state index in [1.807, 2.05) is 0 Å². The van der Waals surface area contributed by atoms with E-state index < -0.39 is 5.91 Å². The highest BCUT2D eigenvalue weighted by Crippen LogP contribution is 2.29. The highest BCUT2D eigenvalue weighted by atomic mass is 35.5. The largest absolute Gasteiger partial charge is 0.366 e. The molecule has 3 nitrogen and oxygen atoms in total. The molecule has 1 aromatic heterocycles. The summed E-state index contributed by atoms with van der Waals surface area (Å²) in [6, 6.07) is 7.92. The van der Waals surface area contributed by atoms with Crippen LogP contribution < -0.4 is 5.73 Å². The summed E-state index contributed by atoms with van der Waals surface area (Å²) in [5, 5.41) is 1.16. The number of carbonyl (C=O) groups excluding carboxylic acids is 1. The van der Waals surface area contributed by atoms with Gasteiger partial charge in [0.25, 0.3) is 0 Å². The summed E-state index contributed by atoms with van der Waals surface area (Å²) in [4.78, 5) is 15.2. The number of amides is 1. The Morgan fingerprint density at radius 1 is 1.35 bits per heavy atom. The summed E-state index contributed by atoms with van der Waals surface area (Å²) in [5.41, 5.74) is 9.25. The number of hydrogen-bond donors (Lipinski definition) is 1. The Balaban J connectivity index is 2.15. The maximum atomic E-state index is 11.0. The minimum Gasteiger partial charge on any atom is -0.366 e. The van der Waals surface area contributed by atoms with Gasteiger partial charge in [-0.05, 0) is 31.0 Å². The molecule has 0 saturated heterocycles. The molecule has 0 aliphatic heterocycles. The lowest BCUT2D eigenvalue weighted by atomic mass is 10.1. The van der Waals surface area contributed by atoms with Gasteiger partial charge >= 0.3 is 0 Å². The zero-order chi connectivity index (χ0) is 14.7. The van der Waals surface area contributed by atoms with E-state index in [2.05, 4.69) is 37.0 Å². The average Bonchev–Trinajstić information content (AvgIpc) is 2.40. The molecule has 1 amide bonds. The first-order valence-electron chi connectivity index (χ1n) is 6.11. The predicted octanol–water partition coefficient (Wildman–Crippen LogP) is 3.74. The highest BCUT2D eigenvalue weighted by molar-refractivity contribution is 7.98. The summed E-state index contributed by atoms with van der Waals surface area (Å²) in [6.07, 6.45) is 1.46. The van der Waals surface area contributed by atoms with E-state index in [-0.39, 0.29) is 0 Å². The van der Waals surface area contributed by atoms with Crippen molar-refractivity contribution < 1.29 is 4.79 Å². The maximum Gasteiger partial charge on any atom is 0.250 e. The molecule has 104 valence electrons.